The van der Waals surface area contributed by atoms with E-state index >= 15 is 0 Å². The molecule has 25 heavy (non-hydrogen) atoms. The van der Waals surface area contributed by atoms with Gasteiger partial charge in [0.25, 0.3) is 0 Å². The van der Waals surface area contributed by atoms with Gasteiger partial charge in [-0.2, -0.15) is 0 Å². The van der Waals surface area contributed by atoms with Gasteiger partial charge in [0.2, 0.25) is 0 Å². The number of fused-ring (bicyclic) bond motifs is 5. The van der Waals surface area contributed by atoms with Crippen molar-refractivity contribution < 1.29 is 29.7 Å². The van der Waals surface area contributed by atoms with Crippen molar-refractivity contribution in [3.8, 4) is 0 Å². The van der Waals surface area contributed by atoms with Gasteiger partial charge < -0.3 is 21.1 Å². The van der Waals surface area contributed by atoms with Crippen LogP contribution in [0.4, 0.5) is 0 Å². The average molecular weight is 366 g/mol. The van der Waals surface area contributed by atoms with Gasteiger partial charge in [-0.15, -0.1) is 0 Å². The molecule has 0 aliphatic heterocycles. The highest BCUT2D eigenvalue weighted by Gasteiger charge is 2.63. The third-order valence-corrected chi connectivity index (χ3v) is 5.27. The van der Waals surface area contributed by atoms with E-state index in [0.717, 1.165) is 24.3 Å². The van der Waals surface area contributed by atoms with E-state index in [1.807, 2.05) is 6.08 Å². The van der Waals surface area contributed by atoms with E-state index < -0.39 is 23.3 Å². The van der Waals surface area contributed by atoms with Crippen molar-refractivity contribution in [2.45, 2.75) is 6.42 Å². The van der Waals surface area contributed by atoms with Crippen LogP contribution in [0.15, 0.2) is 35.8 Å². The number of aliphatic carboxylic acids is 3. The largest absolute Gasteiger partial charge is 0.480 e. The summed E-state index contributed by atoms with van der Waals surface area (Å²) in [6, 6.07) is 0. The quantitative estimate of drug-likeness (QED) is 0.164. The lowest BCUT2D eigenvalue weighted by molar-refractivity contribution is -0.165. The van der Waals surface area contributed by atoms with Gasteiger partial charge in [0, 0.05) is 12.0 Å². The van der Waals surface area contributed by atoms with E-state index in [0.29, 0.717) is 5.92 Å². The van der Waals surface area contributed by atoms with Gasteiger partial charge in [0.15, 0.2) is 10.6 Å². The molecule has 0 aromatic heterocycles. The van der Waals surface area contributed by atoms with Crippen molar-refractivity contribution in [2.75, 3.05) is 0 Å². The number of carboxylic acids is 3. The molecule has 8 nitrogen and oxygen atoms in total. The lowest BCUT2D eigenvalue weighted by Crippen LogP contribution is -2.45. The van der Waals surface area contributed by atoms with Gasteiger partial charge in [-0.25, -0.2) is 4.79 Å². The van der Waals surface area contributed by atoms with Crippen LogP contribution in [0, 0.1) is 34.5 Å². The second-order valence-electron chi connectivity index (χ2n) is 6.01. The zero-order chi connectivity index (χ0) is 18.8. The smallest absolute Gasteiger partial charge is 0.328 e. The second-order valence-corrected chi connectivity index (χ2v) is 6.96. The monoisotopic (exact) mass is 366 g/mol. The van der Waals surface area contributed by atoms with Gasteiger partial charge in [-0.3, -0.25) is 15.0 Å². The number of hydrogen-bond donors (Lipinski definition) is 5. The highest BCUT2D eigenvalue weighted by atomic mass is 32.2. The van der Waals surface area contributed by atoms with Crippen LogP contribution in [-0.4, -0.2) is 38.4 Å². The molecule has 3 rings (SSSR count). The molecule has 0 heterocycles. The van der Waals surface area contributed by atoms with Gasteiger partial charge >= 0.3 is 17.9 Å². The fraction of sp³-hybridized carbons (Fsp3) is 0.375. The number of allylic oxidation sites excluding steroid dienone is 3. The predicted molar refractivity (Wildman–Crippen MR) is 90.8 cm³/mol. The third-order valence-electron chi connectivity index (χ3n) is 4.74. The Morgan fingerprint density at radius 1 is 1.12 bits per heavy atom. The maximum Gasteiger partial charge on any atom is 0.328 e. The molecule has 1 fully saturated rings. The summed E-state index contributed by atoms with van der Waals surface area (Å²) in [6.45, 7) is 0. The van der Waals surface area contributed by atoms with E-state index in [9.17, 15) is 24.6 Å². The molecule has 9 heteroatoms. The highest BCUT2D eigenvalue weighted by Crippen LogP contribution is 2.59. The summed E-state index contributed by atoms with van der Waals surface area (Å²) < 4.78 is 0. The van der Waals surface area contributed by atoms with Gasteiger partial charge in [-0.1, -0.05) is 36.1 Å². The predicted octanol–water partition coefficient (Wildman–Crippen LogP) is 1.36. The Labute approximate surface area is 147 Å². The van der Waals surface area contributed by atoms with Crippen molar-refractivity contribution in [1.29, 1.82) is 5.41 Å². The molecule has 134 valence electrons. The van der Waals surface area contributed by atoms with Gasteiger partial charge in [0.1, 0.15) is 0 Å². The summed E-state index contributed by atoms with van der Waals surface area (Å²) >= 11 is 0.859. The van der Waals surface area contributed by atoms with Gasteiger partial charge in [-0.05, 0) is 29.6 Å². The van der Waals surface area contributed by atoms with Crippen LogP contribution in [0.1, 0.15) is 6.42 Å². The van der Waals surface area contributed by atoms with Crippen molar-refractivity contribution in [2.24, 2.45) is 34.8 Å². The summed E-state index contributed by atoms with van der Waals surface area (Å²) in [5.41, 5.74) is 3.18. The maximum absolute atomic E-state index is 11.3. The minimum absolute atomic E-state index is 0.0993. The van der Waals surface area contributed by atoms with Crippen LogP contribution in [0.5, 0.6) is 0 Å². The summed E-state index contributed by atoms with van der Waals surface area (Å²) in [6.07, 6.45) is 9.09. The number of thioether (sulfide) groups is 1. The van der Waals surface area contributed by atoms with Crippen LogP contribution < -0.4 is 5.73 Å². The minimum Gasteiger partial charge on any atom is -0.480 e. The zero-order valence-electron chi connectivity index (χ0n) is 13.0. The normalized spacial score (nSPS) is 29.9. The first-order valence-electron chi connectivity index (χ1n) is 7.44. The lowest BCUT2D eigenvalue weighted by atomic mass is 9.70. The van der Waals surface area contributed by atoms with Gasteiger partial charge in [0.05, 0.1) is 0 Å². The fourth-order valence-electron chi connectivity index (χ4n) is 3.82. The topological polar surface area (TPSA) is 162 Å². The van der Waals surface area contributed by atoms with E-state index in [4.69, 9.17) is 16.2 Å². The number of nitrogens with one attached hydrogen (secondary N) is 1. The number of hydrogen-bond acceptors (Lipinski definition) is 5. The van der Waals surface area contributed by atoms with Crippen molar-refractivity contribution >= 4 is 34.8 Å². The molecule has 0 saturated heterocycles. The number of carbonyl (C=O) groups is 3. The maximum atomic E-state index is 11.3. The minimum atomic E-state index is -1.70. The molecule has 0 amide bonds. The molecule has 0 radical (unpaired) electrons. The Bertz CT molecular complexity index is 685. The number of carboxylic acid groups (broad SMARTS) is 3. The van der Waals surface area contributed by atoms with Crippen LogP contribution in [0.2, 0.25) is 0 Å². The van der Waals surface area contributed by atoms with Crippen LogP contribution in [0.25, 0.3) is 0 Å². The molecule has 6 N–H and O–H groups in total. The molecule has 0 spiro atoms. The summed E-state index contributed by atoms with van der Waals surface area (Å²) in [4.78, 5) is 32.4. The molecule has 0 aromatic carbocycles. The molecule has 1 saturated carbocycles. The summed E-state index contributed by atoms with van der Waals surface area (Å²) in [5.74, 6) is -3.25. The highest BCUT2D eigenvalue weighted by molar-refractivity contribution is 8.16. The summed E-state index contributed by atoms with van der Waals surface area (Å²) in [5, 5.41) is 34.3. The molecule has 3 aliphatic rings. The first kappa shape index (κ1) is 18.8. The Kier molecular flexibility index (Phi) is 5.36. The molecule has 0 aromatic rings. The van der Waals surface area contributed by atoms with E-state index in [1.54, 1.807) is 6.08 Å². The number of nitrogens with two attached hydrogens (primary N) is 1. The van der Waals surface area contributed by atoms with Crippen molar-refractivity contribution in [1.82, 2.24) is 0 Å². The van der Waals surface area contributed by atoms with Crippen molar-refractivity contribution in [3.63, 3.8) is 0 Å². The molecule has 4 atom stereocenters. The summed E-state index contributed by atoms with van der Waals surface area (Å²) in [7, 11) is 0. The van der Waals surface area contributed by atoms with Crippen LogP contribution >= 0.6 is 11.8 Å². The fourth-order valence-corrected chi connectivity index (χ4v) is 4.15. The standard InChI is InChI=1S/C12H12O4.C4H6N2O2S/c13-10(14)12(11(15)16)4-3-8-6-1-2-7(5-6)9(8)12;5-4(6)9-2-1-3(7)8/h1-4,6-9H,5H2,(H,13,14)(H,15,16);1-2H,(H3,5,6)(H,7,8)/b;2-1-. The van der Waals surface area contributed by atoms with E-state index in [-0.39, 0.29) is 22.9 Å². The first-order valence-corrected chi connectivity index (χ1v) is 8.32. The van der Waals surface area contributed by atoms with Crippen molar-refractivity contribution in [3.05, 3.63) is 35.8 Å². The van der Waals surface area contributed by atoms with Crippen LogP contribution in [0.3, 0.4) is 0 Å². The number of rotatable bonds is 4. The molecule has 4 unspecified atom stereocenters. The SMILES string of the molecule is N=C(N)S/C=C\C(=O)O.O=C(O)C1(C(=O)O)C=CC2C3C=CC(C3)C21. The molecular formula is C16H18N2O6S. The lowest BCUT2D eigenvalue weighted by Gasteiger charge is -2.31. The Morgan fingerprint density at radius 3 is 2.24 bits per heavy atom. The zero-order valence-corrected chi connectivity index (χ0v) is 13.8. The average Bonchev–Trinajstić information content (AvgIpc) is 3.19. The molecule has 2 bridgehead atoms. The number of amidine groups is 1. The first-order chi connectivity index (χ1) is 11.7. The molecule has 3 aliphatic carbocycles. The Balaban J connectivity index is 0.000000217. The molecular weight excluding hydrogens is 348 g/mol. The second kappa shape index (κ2) is 7.14. The van der Waals surface area contributed by atoms with E-state index in [1.165, 1.54) is 11.5 Å². The third kappa shape index (κ3) is 3.46. The van der Waals surface area contributed by atoms with Crippen LogP contribution in [-0.2, 0) is 14.4 Å². The van der Waals surface area contributed by atoms with E-state index in [2.05, 4.69) is 6.08 Å². The Hall–Kier alpha value is -2.55. The Morgan fingerprint density at radius 2 is 1.72 bits per heavy atom.